The van der Waals surface area contributed by atoms with Crippen molar-refractivity contribution in [3.05, 3.63) is 29.8 Å². The number of nitriles is 1. The Balaban J connectivity index is 2.90. The summed E-state index contributed by atoms with van der Waals surface area (Å²) < 4.78 is 28.4. The fourth-order valence-corrected chi connectivity index (χ4v) is 3.90. The summed E-state index contributed by atoms with van der Waals surface area (Å²) in [6.45, 7) is 4.03. The lowest BCUT2D eigenvalue weighted by Gasteiger charge is -2.30. The number of rotatable bonds is 7. The predicted molar refractivity (Wildman–Crippen MR) is 79.3 cm³/mol. The Hall–Kier alpha value is -1.25. The van der Waals surface area contributed by atoms with Gasteiger partial charge in [-0.25, -0.2) is 8.42 Å². The molecule has 4 nitrogen and oxygen atoms in total. The van der Waals surface area contributed by atoms with Crippen LogP contribution < -0.4 is 4.74 Å². The van der Waals surface area contributed by atoms with Gasteiger partial charge in [0.05, 0.1) is 17.9 Å². The molecule has 1 rings (SSSR count). The van der Waals surface area contributed by atoms with Crippen molar-refractivity contribution in [3.63, 3.8) is 0 Å². The second-order valence-corrected chi connectivity index (χ2v) is 7.56. The molecule has 0 heterocycles. The van der Waals surface area contributed by atoms with Crippen molar-refractivity contribution in [1.82, 2.24) is 0 Å². The maximum atomic E-state index is 11.4. The summed E-state index contributed by atoms with van der Waals surface area (Å²) in [6.07, 6.45) is 1.26. The van der Waals surface area contributed by atoms with Gasteiger partial charge >= 0.3 is 0 Å². The van der Waals surface area contributed by atoms with Crippen LogP contribution in [0.25, 0.3) is 0 Å². The molecule has 0 unspecified atom stereocenters. The average Bonchev–Trinajstić information content (AvgIpc) is 2.42. The second kappa shape index (κ2) is 6.96. The molecule has 0 radical (unpaired) electrons. The molecule has 0 saturated heterocycles. The lowest BCUT2D eigenvalue weighted by atomic mass is 9.85. The van der Waals surface area contributed by atoms with Gasteiger partial charge in [0.25, 0.3) is 0 Å². The first-order valence-electron chi connectivity index (χ1n) is 6.40. The molecule has 0 aromatic heterocycles. The highest BCUT2D eigenvalue weighted by Gasteiger charge is 2.32. The van der Waals surface area contributed by atoms with Crippen molar-refractivity contribution in [2.45, 2.75) is 26.7 Å². The third-order valence-electron chi connectivity index (χ3n) is 3.52. The summed E-state index contributed by atoms with van der Waals surface area (Å²) in [4.78, 5) is 0. The molecular formula is C14H18ClNO3S. The minimum Gasteiger partial charge on any atom is -0.492 e. The number of hydrogen-bond donors (Lipinski definition) is 0. The number of hydrogen-bond acceptors (Lipinski definition) is 4. The van der Waals surface area contributed by atoms with Crippen LogP contribution >= 0.6 is 10.7 Å². The number of nitrogens with zero attached hydrogens (tertiary/aromatic N) is 1. The molecule has 20 heavy (non-hydrogen) atoms. The molecule has 0 aliphatic carbocycles. The van der Waals surface area contributed by atoms with E-state index in [-0.39, 0.29) is 12.4 Å². The highest BCUT2D eigenvalue weighted by atomic mass is 35.7. The third kappa shape index (κ3) is 4.69. The molecule has 110 valence electrons. The van der Waals surface area contributed by atoms with Gasteiger partial charge in [0.15, 0.2) is 0 Å². The highest BCUT2D eigenvalue weighted by molar-refractivity contribution is 8.13. The van der Waals surface area contributed by atoms with Crippen molar-refractivity contribution >= 4 is 19.7 Å². The zero-order valence-electron chi connectivity index (χ0n) is 11.6. The van der Waals surface area contributed by atoms with Gasteiger partial charge in [-0.3, -0.25) is 0 Å². The standard InChI is InChI=1S/C14H18ClNO3S/c1-3-14(4-2,11-20(15,17)18)10-19-13-8-6-5-7-12(13)9-16/h5-8H,3-4,10-11H2,1-2H3. The average molecular weight is 316 g/mol. The smallest absolute Gasteiger partial charge is 0.233 e. The van der Waals surface area contributed by atoms with E-state index in [1.165, 1.54) is 0 Å². The van der Waals surface area contributed by atoms with Crippen molar-refractivity contribution in [2.24, 2.45) is 5.41 Å². The fourth-order valence-electron chi connectivity index (χ4n) is 1.98. The molecule has 1 aromatic rings. The van der Waals surface area contributed by atoms with E-state index in [2.05, 4.69) is 0 Å². The Morgan fingerprint density at radius 2 is 1.90 bits per heavy atom. The minimum atomic E-state index is -3.60. The van der Waals surface area contributed by atoms with Gasteiger partial charge in [-0.15, -0.1) is 0 Å². The molecule has 0 saturated carbocycles. The molecule has 0 bridgehead atoms. The zero-order chi connectivity index (χ0) is 15.2. The van der Waals surface area contributed by atoms with Crippen molar-refractivity contribution < 1.29 is 13.2 Å². The number of para-hydroxylation sites is 1. The second-order valence-electron chi connectivity index (χ2n) is 4.79. The van der Waals surface area contributed by atoms with E-state index in [0.29, 0.717) is 24.2 Å². The van der Waals surface area contributed by atoms with Crippen molar-refractivity contribution in [3.8, 4) is 11.8 Å². The Morgan fingerprint density at radius 1 is 1.30 bits per heavy atom. The summed E-state index contributed by atoms with van der Waals surface area (Å²) in [6, 6.07) is 8.93. The molecule has 0 fully saturated rings. The Kier molecular flexibility index (Phi) is 5.85. The van der Waals surface area contributed by atoms with E-state index in [4.69, 9.17) is 20.7 Å². The first-order chi connectivity index (χ1) is 9.36. The monoisotopic (exact) mass is 315 g/mol. The van der Waals surface area contributed by atoms with Crippen LogP contribution in [-0.2, 0) is 9.05 Å². The Morgan fingerprint density at radius 3 is 2.40 bits per heavy atom. The minimum absolute atomic E-state index is 0.136. The van der Waals surface area contributed by atoms with Crippen LogP contribution in [0.15, 0.2) is 24.3 Å². The normalized spacial score (nSPS) is 11.9. The van der Waals surface area contributed by atoms with Crippen molar-refractivity contribution in [1.29, 1.82) is 5.26 Å². The summed E-state index contributed by atoms with van der Waals surface area (Å²) >= 11 is 0. The van der Waals surface area contributed by atoms with Gasteiger partial charge in [0, 0.05) is 16.1 Å². The molecule has 6 heteroatoms. The summed E-state index contributed by atoms with van der Waals surface area (Å²) in [5.74, 6) is 0.330. The molecule has 0 aliphatic heterocycles. The van der Waals surface area contributed by atoms with Crippen LogP contribution in [0.2, 0.25) is 0 Å². The number of ether oxygens (including phenoxy) is 1. The Bertz CT molecular complexity index is 589. The SMILES string of the molecule is CCC(CC)(COc1ccccc1C#N)CS(=O)(=O)Cl. The summed E-state index contributed by atoms with van der Waals surface area (Å²) in [5, 5.41) is 9.00. The van der Waals surface area contributed by atoms with Crippen LogP contribution in [-0.4, -0.2) is 20.8 Å². The summed E-state index contributed by atoms with van der Waals surface area (Å²) in [7, 11) is 1.78. The van der Waals surface area contributed by atoms with E-state index >= 15 is 0 Å². The van der Waals surface area contributed by atoms with Crippen LogP contribution in [0, 0.1) is 16.7 Å². The van der Waals surface area contributed by atoms with Crippen LogP contribution in [0.5, 0.6) is 5.75 Å². The number of halogens is 1. The molecule has 0 atom stereocenters. The van der Waals surface area contributed by atoms with Gasteiger partial charge in [-0.1, -0.05) is 26.0 Å². The van der Waals surface area contributed by atoms with Crippen molar-refractivity contribution in [2.75, 3.05) is 12.4 Å². The fraction of sp³-hybridized carbons (Fsp3) is 0.500. The molecule has 0 spiro atoms. The zero-order valence-corrected chi connectivity index (χ0v) is 13.2. The molecule has 0 N–H and O–H groups in total. The Labute approximate surface area is 124 Å². The van der Waals surface area contributed by atoms with Crippen LogP contribution in [0.1, 0.15) is 32.3 Å². The summed E-state index contributed by atoms with van der Waals surface area (Å²) in [5.41, 5.74) is -0.106. The van der Waals surface area contributed by atoms with Crippen LogP contribution in [0.3, 0.4) is 0 Å². The molecule has 0 amide bonds. The van der Waals surface area contributed by atoms with Gasteiger partial charge in [0.1, 0.15) is 11.8 Å². The van der Waals surface area contributed by atoms with E-state index in [0.717, 1.165) is 0 Å². The van der Waals surface area contributed by atoms with Gasteiger partial charge in [-0.05, 0) is 25.0 Å². The van der Waals surface area contributed by atoms with Gasteiger partial charge in [0.2, 0.25) is 9.05 Å². The van der Waals surface area contributed by atoms with E-state index in [1.54, 1.807) is 24.3 Å². The maximum absolute atomic E-state index is 11.4. The van der Waals surface area contributed by atoms with Gasteiger partial charge < -0.3 is 4.74 Å². The highest BCUT2D eigenvalue weighted by Crippen LogP contribution is 2.31. The van der Waals surface area contributed by atoms with E-state index in [9.17, 15) is 8.42 Å². The van der Waals surface area contributed by atoms with Gasteiger partial charge in [-0.2, -0.15) is 5.26 Å². The largest absolute Gasteiger partial charge is 0.492 e. The first kappa shape index (κ1) is 16.8. The van der Waals surface area contributed by atoms with Crippen LogP contribution in [0.4, 0.5) is 0 Å². The molecule has 1 aromatic carbocycles. The lowest BCUT2D eigenvalue weighted by Crippen LogP contribution is -2.33. The van der Waals surface area contributed by atoms with E-state index < -0.39 is 14.5 Å². The molecular weight excluding hydrogens is 298 g/mol. The quantitative estimate of drug-likeness (QED) is 0.724. The predicted octanol–water partition coefficient (Wildman–Crippen LogP) is 3.31. The maximum Gasteiger partial charge on any atom is 0.233 e. The molecule has 0 aliphatic rings. The first-order valence-corrected chi connectivity index (χ1v) is 8.88. The number of benzene rings is 1. The third-order valence-corrected chi connectivity index (χ3v) is 4.80. The topological polar surface area (TPSA) is 67.2 Å². The van der Waals surface area contributed by atoms with E-state index in [1.807, 2.05) is 19.9 Å². The lowest BCUT2D eigenvalue weighted by molar-refractivity contribution is 0.154.